The molecule has 0 atom stereocenters. The maximum Gasteiger partial charge on any atom is 0.230 e. The maximum atomic E-state index is 6.18. The van der Waals surface area contributed by atoms with Crippen LogP contribution in [0.1, 0.15) is 32.3 Å². The second-order valence-electron chi connectivity index (χ2n) is 10.5. The van der Waals surface area contributed by atoms with E-state index in [2.05, 4.69) is 89.6 Å². The number of aromatic nitrogens is 1. The minimum absolute atomic E-state index is 0.261. The van der Waals surface area contributed by atoms with Crippen LogP contribution in [0.3, 0.4) is 0 Å². The molecular formula is C31H35N7. The lowest BCUT2D eigenvalue weighted by atomic mass is 10.00. The number of hydrogen-bond donors (Lipinski definition) is 2. The van der Waals surface area contributed by atoms with Crippen LogP contribution in [0.15, 0.2) is 94.3 Å². The van der Waals surface area contributed by atoms with E-state index in [1.54, 1.807) is 0 Å². The summed E-state index contributed by atoms with van der Waals surface area (Å²) in [5, 5.41) is 6.01. The van der Waals surface area contributed by atoms with Gasteiger partial charge in [0.05, 0.1) is 5.69 Å². The Balaban J connectivity index is 1.31. The highest BCUT2D eigenvalue weighted by Crippen LogP contribution is 2.29. The van der Waals surface area contributed by atoms with Gasteiger partial charge in [0.25, 0.3) is 0 Å². The van der Waals surface area contributed by atoms with Gasteiger partial charge in [0, 0.05) is 49.4 Å². The number of aliphatic imine (C=N–C) groups is 2. The van der Waals surface area contributed by atoms with Crippen molar-refractivity contribution in [3.8, 4) is 11.3 Å². The highest BCUT2D eigenvalue weighted by molar-refractivity contribution is 5.99. The molecule has 3 aromatic rings. The largest absolute Gasteiger partial charge is 0.351 e. The molecule has 38 heavy (non-hydrogen) atoms. The van der Waals surface area contributed by atoms with Gasteiger partial charge in [-0.15, -0.1) is 0 Å². The quantitative estimate of drug-likeness (QED) is 0.528. The molecule has 3 aliphatic rings. The van der Waals surface area contributed by atoms with E-state index in [0.717, 1.165) is 66.9 Å². The molecule has 0 aliphatic carbocycles. The maximum absolute atomic E-state index is 6.18. The Labute approximate surface area is 224 Å². The van der Waals surface area contributed by atoms with E-state index in [1.165, 1.54) is 16.5 Å². The van der Waals surface area contributed by atoms with Crippen LogP contribution in [0.4, 0.5) is 0 Å². The lowest BCUT2D eigenvalue weighted by Gasteiger charge is -2.37. The van der Waals surface area contributed by atoms with Crippen molar-refractivity contribution in [2.45, 2.75) is 39.3 Å². The highest BCUT2D eigenvalue weighted by Gasteiger charge is 2.30. The van der Waals surface area contributed by atoms with Gasteiger partial charge in [-0.3, -0.25) is 9.88 Å². The number of allylic oxidation sites excluding steroid dienone is 2. The van der Waals surface area contributed by atoms with Gasteiger partial charge in [-0.2, -0.15) is 9.98 Å². The fourth-order valence-electron chi connectivity index (χ4n) is 5.34. The predicted molar refractivity (Wildman–Crippen MR) is 155 cm³/mol. The molecule has 0 bridgehead atoms. The van der Waals surface area contributed by atoms with E-state index in [4.69, 9.17) is 20.7 Å². The van der Waals surface area contributed by atoms with Crippen LogP contribution >= 0.6 is 0 Å². The number of guanidine groups is 2. The van der Waals surface area contributed by atoms with E-state index < -0.39 is 0 Å². The van der Waals surface area contributed by atoms with Crippen molar-refractivity contribution in [3.63, 3.8) is 0 Å². The number of hydrogen-bond acceptors (Lipinski definition) is 7. The Kier molecular flexibility index (Phi) is 6.68. The van der Waals surface area contributed by atoms with Gasteiger partial charge in [0.2, 0.25) is 11.9 Å². The second kappa shape index (κ2) is 10.4. The number of benzene rings is 2. The summed E-state index contributed by atoms with van der Waals surface area (Å²) in [5.41, 5.74) is 10.7. The topological polar surface area (TPSA) is 82.1 Å². The van der Waals surface area contributed by atoms with Crippen molar-refractivity contribution >= 4 is 22.7 Å². The monoisotopic (exact) mass is 505 g/mol. The first kappa shape index (κ1) is 24.4. The zero-order valence-electron chi connectivity index (χ0n) is 22.1. The summed E-state index contributed by atoms with van der Waals surface area (Å²) in [4.78, 5) is 19.4. The van der Waals surface area contributed by atoms with E-state index >= 15 is 0 Å². The third kappa shape index (κ3) is 4.82. The van der Waals surface area contributed by atoms with Crippen LogP contribution in [0, 0.1) is 5.92 Å². The first-order chi connectivity index (χ1) is 18.6. The third-order valence-corrected chi connectivity index (χ3v) is 7.57. The van der Waals surface area contributed by atoms with Gasteiger partial charge >= 0.3 is 0 Å². The van der Waals surface area contributed by atoms with Crippen LogP contribution in [-0.4, -0.2) is 52.4 Å². The Morgan fingerprint density at radius 1 is 1.00 bits per heavy atom. The van der Waals surface area contributed by atoms with Gasteiger partial charge in [-0.05, 0) is 41.3 Å². The summed E-state index contributed by atoms with van der Waals surface area (Å²) in [7, 11) is 0. The molecule has 7 nitrogen and oxygen atoms in total. The van der Waals surface area contributed by atoms with E-state index in [-0.39, 0.29) is 6.04 Å². The van der Waals surface area contributed by atoms with Gasteiger partial charge in [-0.1, -0.05) is 74.5 Å². The standard InChI is InChI=1S/C31H35N7/c1-21(2)26-12-7-15-38-29(26)35-31(37-16-13-25(32)14-17-37)36-30(38)34-20-24-10-5-6-11-27(24)28-18-22-8-3-4-9-23(22)19-33-28/h3-12,18-19,21,25H,13-17,20,32H2,1-2H3,(H,34,35,36). The van der Waals surface area contributed by atoms with Crippen molar-refractivity contribution in [3.05, 3.63) is 89.9 Å². The molecule has 0 saturated carbocycles. The Morgan fingerprint density at radius 3 is 2.58 bits per heavy atom. The van der Waals surface area contributed by atoms with Crippen molar-refractivity contribution < 1.29 is 0 Å². The summed E-state index contributed by atoms with van der Waals surface area (Å²) in [6.45, 7) is 7.58. The van der Waals surface area contributed by atoms with E-state index in [1.807, 2.05) is 12.3 Å². The van der Waals surface area contributed by atoms with Crippen molar-refractivity contribution in [2.24, 2.45) is 21.6 Å². The van der Waals surface area contributed by atoms with Crippen LogP contribution in [0.25, 0.3) is 22.0 Å². The summed E-state index contributed by atoms with van der Waals surface area (Å²) < 4.78 is 0. The number of piperidine rings is 1. The Bertz CT molecular complexity index is 1460. The molecule has 0 unspecified atom stereocenters. The van der Waals surface area contributed by atoms with Crippen molar-refractivity contribution in [1.29, 1.82) is 0 Å². The fraction of sp³-hybridized carbons (Fsp3) is 0.323. The van der Waals surface area contributed by atoms with Gasteiger partial charge in [0.15, 0.2) is 0 Å². The van der Waals surface area contributed by atoms with Crippen LogP contribution in [-0.2, 0) is 6.54 Å². The molecule has 194 valence electrons. The molecule has 3 N–H and O–H groups in total. The molecule has 1 aromatic heterocycles. The van der Waals surface area contributed by atoms with Gasteiger partial charge in [0.1, 0.15) is 5.82 Å². The van der Waals surface area contributed by atoms with Crippen molar-refractivity contribution in [1.82, 2.24) is 20.1 Å². The normalized spacial score (nSPS) is 18.1. The van der Waals surface area contributed by atoms with Gasteiger partial charge < -0.3 is 16.0 Å². The molecule has 3 aliphatic heterocycles. The zero-order chi connectivity index (χ0) is 26.1. The first-order valence-electron chi connectivity index (χ1n) is 13.6. The Hall–Kier alpha value is -3.97. The summed E-state index contributed by atoms with van der Waals surface area (Å²) in [6, 6.07) is 19.2. The Morgan fingerprint density at radius 2 is 1.76 bits per heavy atom. The summed E-state index contributed by atoms with van der Waals surface area (Å²) in [5.74, 6) is 2.98. The molecule has 6 rings (SSSR count). The van der Waals surface area contributed by atoms with Crippen LogP contribution < -0.4 is 11.1 Å². The fourth-order valence-corrected chi connectivity index (χ4v) is 5.34. The van der Waals surface area contributed by atoms with E-state index in [0.29, 0.717) is 12.5 Å². The number of pyridine rings is 1. The van der Waals surface area contributed by atoms with Crippen molar-refractivity contribution in [2.75, 3.05) is 19.6 Å². The molecule has 2 aromatic carbocycles. The summed E-state index contributed by atoms with van der Waals surface area (Å²) >= 11 is 0. The van der Waals surface area contributed by atoms with Crippen LogP contribution in [0.2, 0.25) is 0 Å². The summed E-state index contributed by atoms with van der Waals surface area (Å²) in [6.07, 6.45) is 8.29. The van der Waals surface area contributed by atoms with E-state index in [9.17, 15) is 0 Å². The molecule has 4 heterocycles. The number of likely N-dealkylation sites (tertiary alicyclic amines) is 1. The number of nitrogens with one attached hydrogen (secondary N) is 1. The highest BCUT2D eigenvalue weighted by atomic mass is 15.4. The molecule has 7 heteroatoms. The molecule has 0 amide bonds. The first-order valence-corrected chi connectivity index (χ1v) is 13.6. The minimum atomic E-state index is 0.261. The molecule has 0 spiro atoms. The van der Waals surface area contributed by atoms with Gasteiger partial charge in [-0.25, -0.2) is 0 Å². The number of nitrogens with two attached hydrogens (primary N) is 1. The average molecular weight is 506 g/mol. The molecule has 0 radical (unpaired) electrons. The lowest BCUT2D eigenvalue weighted by molar-refractivity contribution is 0.308. The number of fused-ring (bicyclic) bond motifs is 2. The predicted octanol–water partition coefficient (Wildman–Crippen LogP) is 4.88. The molecular weight excluding hydrogens is 470 g/mol. The molecule has 1 fully saturated rings. The lowest BCUT2D eigenvalue weighted by Crippen LogP contribution is -2.49. The SMILES string of the molecule is CC(C)C1=C2N=C(N3CCC(N)CC3)N=C(NCc3ccccc3-c3cc4ccccc4cn3)N2CC=C1. The van der Waals surface area contributed by atoms with Crippen LogP contribution in [0.5, 0.6) is 0 Å². The number of rotatable bonds is 4. The zero-order valence-corrected chi connectivity index (χ0v) is 22.1. The third-order valence-electron chi connectivity index (χ3n) is 7.57. The minimum Gasteiger partial charge on any atom is -0.351 e. The number of nitrogens with zero attached hydrogens (tertiary/aromatic N) is 5. The molecule has 1 saturated heterocycles. The second-order valence-corrected chi connectivity index (χ2v) is 10.5. The average Bonchev–Trinajstić information content (AvgIpc) is 2.95. The smallest absolute Gasteiger partial charge is 0.230 e.